The summed E-state index contributed by atoms with van der Waals surface area (Å²) in [5.74, 6) is 1.45. The van der Waals surface area contributed by atoms with Crippen molar-refractivity contribution in [2.75, 3.05) is 45.3 Å². The molecule has 162 valence electrons. The zero-order valence-corrected chi connectivity index (χ0v) is 18.7. The van der Waals surface area contributed by atoms with Crippen molar-refractivity contribution in [1.82, 2.24) is 19.8 Å². The number of benzene rings is 2. The molecule has 7 nitrogen and oxygen atoms in total. The van der Waals surface area contributed by atoms with Gasteiger partial charge in [0.15, 0.2) is 17.3 Å². The van der Waals surface area contributed by atoms with E-state index >= 15 is 0 Å². The Balaban J connectivity index is 1.41. The van der Waals surface area contributed by atoms with Crippen LogP contribution in [0, 0.1) is 5.82 Å². The number of hydrogen-bond donors (Lipinski definition) is 1. The first-order valence-corrected chi connectivity index (χ1v) is 11.1. The summed E-state index contributed by atoms with van der Waals surface area (Å²) in [7, 11) is 2.13. The molecule has 1 aromatic heterocycles. The van der Waals surface area contributed by atoms with Crippen LogP contribution in [0.2, 0.25) is 0 Å². The van der Waals surface area contributed by atoms with Crippen LogP contribution in [0.4, 0.5) is 15.9 Å². The van der Waals surface area contributed by atoms with Gasteiger partial charge < -0.3 is 14.8 Å². The average Bonchev–Trinajstić information content (AvgIpc) is 2.76. The van der Waals surface area contributed by atoms with Crippen LogP contribution in [0.5, 0.6) is 11.5 Å². The highest BCUT2D eigenvalue weighted by Gasteiger charge is 2.26. The van der Waals surface area contributed by atoms with E-state index in [0.29, 0.717) is 39.6 Å². The van der Waals surface area contributed by atoms with Crippen LogP contribution in [-0.2, 0) is 0 Å². The standard InChI is InChI=1S/C22H23BrFN5O2/c1-28-6-3-7-29(13-28)10-14-11-30-19-9-18-15(8-20(19)31-14)22(26-12-25-18)27-17-5-2-4-16(23)21(17)24/h2,4-5,8-9,12,14H,3,6-7,10-11,13H2,1H3,(H,25,26,27)/t14-/m0/s1. The van der Waals surface area contributed by atoms with E-state index in [2.05, 4.69) is 48.1 Å². The first kappa shape index (κ1) is 20.4. The lowest BCUT2D eigenvalue weighted by Gasteiger charge is -2.36. The molecule has 0 spiro atoms. The second-order valence-electron chi connectivity index (χ2n) is 7.97. The minimum Gasteiger partial charge on any atom is -0.486 e. The predicted octanol–water partition coefficient (Wildman–Crippen LogP) is 4.01. The molecule has 0 radical (unpaired) electrons. The molecule has 2 aliphatic rings. The molecule has 3 heterocycles. The van der Waals surface area contributed by atoms with Gasteiger partial charge in [-0.05, 0) is 47.6 Å². The van der Waals surface area contributed by atoms with Gasteiger partial charge >= 0.3 is 0 Å². The van der Waals surface area contributed by atoms with Crippen molar-refractivity contribution in [3.05, 3.63) is 46.9 Å². The Labute approximate surface area is 188 Å². The van der Waals surface area contributed by atoms with Gasteiger partial charge in [0.25, 0.3) is 0 Å². The minimum atomic E-state index is -0.377. The van der Waals surface area contributed by atoms with E-state index in [1.807, 2.05) is 12.1 Å². The fourth-order valence-corrected chi connectivity index (χ4v) is 4.43. The van der Waals surface area contributed by atoms with Crippen LogP contribution in [0.15, 0.2) is 41.1 Å². The van der Waals surface area contributed by atoms with Crippen LogP contribution in [0.1, 0.15) is 6.42 Å². The van der Waals surface area contributed by atoms with Gasteiger partial charge in [-0.15, -0.1) is 0 Å². The Morgan fingerprint density at radius 2 is 2.13 bits per heavy atom. The number of fused-ring (bicyclic) bond motifs is 2. The quantitative estimate of drug-likeness (QED) is 0.596. The molecule has 2 aromatic carbocycles. The first-order valence-electron chi connectivity index (χ1n) is 10.3. The number of anilines is 2. The van der Waals surface area contributed by atoms with Gasteiger partial charge in [0, 0.05) is 31.1 Å². The van der Waals surface area contributed by atoms with E-state index < -0.39 is 0 Å². The van der Waals surface area contributed by atoms with E-state index in [1.54, 1.807) is 18.2 Å². The van der Waals surface area contributed by atoms with Crippen molar-refractivity contribution in [1.29, 1.82) is 0 Å². The second-order valence-corrected chi connectivity index (χ2v) is 8.82. The molecule has 2 aliphatic heterocycles. The maximum absolute atomic E-state index is 14.5. The summed E-state index contributed by atoms with van der Waals surface area (Å²) in [4.78, 5) is 13.4. The topological polar surface area (TPSA) is 62.8 Å². The summed E-state index contributed by atoms with van der Waals surface area (Å²) in [5.41, 5.74) is 1.03. The average molecular weight is 488 g/mol. The summed E-state index contributed by atoms with van der Waals surface area (Å²) >= 11 is 3.22. The van der Waals surface area contributed by atoms with E-state index in [4.69, 9.17) is 9.47 Å². The molecule has 31 heavy (non-hydrogen) atoms. The Bertz CT molecular complexity index is 1110. The predicted molar refractivity (Wildman–Crippen MR) is 121 cm³/mol. The lowest BCUT2D eigenvalue weighted by Crippen LogP contribution is -2.48. The number of hydrogen-bond acceptors (Lipinski definition) is 7. The molecule has 0 bridgehead atoms. The third-order valence-corrected chi connectivity index (χ3v) is 6.15. The van der Waals surface area contributed by atoms with Gasteiger partial charge in [-0.1, -0.05) is 6.07 Å². The summed E-state index contributed by atoms with van der Waals surface area (Å²) in [6.45, 7) is 4.43. The monoisotopic (exact) mass is 487 g/mol. The fourth-order valence-electron chi connectivity index (χ4n) is 4.07. The highest BCUT2D eigenvalue weighted by atomic mass is 79.9. The zero-order valence-electron chi connectivity index (χ0n) is 17.1. The van der Waals surface area contributed by atoms with Crippen molar-refractivity contribution in [2.45, 2.75) is 12.5 Å². The third-order valence-electron chi connectivity index (χ3n) is 5.54. The van der Waals surface area contributed by atoms with Crippen molar-refractivity contribution in [3.8, 4) is 11.5 Å². The normalized spacial score (nSPS) is 19.5. The molecule has 0 saturated carbocycles. The second kappa shape index (κ2) is 8.57. The Hall–Kier alpha value is -2.49. The van der Waals surface area contributed by atoms with Gasteiger partial charge in [0.2, 0.25) is 0 Å². The van der Waals surface area contributed by atoms with Gasteiger partial charge in [0.1, 0.15) is 24.9 Å². The van der Waals surface area contributed by atoms with E-state index in [9.17, 15) is 4.39 Å². The molecular weight excluding hydrogens is 465 g/mol. The lowest BCUT2D eigenvalue weighted by molar-refractivity contribution is 0.0276. The molecule has 0 amide bonds. The molecule has 1 saturated heterocycles. The number of halogens is 2. The number of rotatable bonds is 4. The van der Waals surface area contributed by atoms with Crippen molar-refractivity contribution >= 4 is 38.3 Å². The van der Waals surface area contributed by atoms with Crippen molar-refractivity contribution in [3.63, 3.8) is 0 Å². The van der Waals surface area contributed by atoms with Gasteiger partial charge in [-0.3, -0.25) is 9.80 Å². The largest absolute Gasteiger partial charge is 0.486 e. The molecule has 0 unspecified atom stereocenters. The molecular formula is C22H23BrFN5O2. The Morgan fingerprint density at radius 3 is 3.00 bits per heavy atom. The summed E-state index contributed by atoms with van der Waals surface area (Å²) < 4.78 is 27.1. The first-order chi connectivity index (χ1) is 15.1. The van der Waals surface area contributed by atoms with Crippen LogP contribution in [0.25, 0.3) is 10.9 Å². The molecule has 1 atom stereocenters. The van der Waals surface area contributed by atoms with E-state index in [-0.39, 0.29) is 11.9 Å². The molecule has 0 aliphatic carbocycles. The highest BCUT2D eigenvalue weighted by Crippen LogP contribution is 2.38. The van der Waals surface area contributed by atoms with E-state index in [1.165, 1.54) is 6.33 Å². The van der Waals surface area contributed by atoms with Gasteiger partial charge in [0.05, 0.1) is 22.3 Å². The molecule has 1 fully saturated rings. The Kier molecular flexibility index (Phi) is 5.64. The molecule has 3 aromatic rings. The van der Waals surface area contributed by atoms with Gasteiger partial charge in [-0.2, -0.15) is 0 Å². The number of aromatic nitrogens is 2. The fraction of sp³-hybridized carbons (Fsp3) is 0.364. The smallest absolute Gasteiger partial charge is 0.163 e. The number of nitrogens with zero attached hydrogens (tertiary/aromatic N) is 4. The molecule has 5 rings (SSSR count). The maximum atomic E-state index is 14.5. The summed E-state index contributed by atoms with van der Waals surface area (Å²) in [6.07, 6.45) is 2.55. The van der Waals surface area contributed by atoms with E-state index in [0.717, 1.165) is 38.1 Å². The zero-order chi connectivity index (χ0) is 21.4. The van der Waals surface area contributed by atoms with Crippen molar-refractivity contribution < 1.29 is 13.9 Å². The lowest BCUT2D eigenvalue weighted by atomic mass is 10.1. The molecule has 9 heteroatoms. The molecule has 1 N–H and O–H groups in total. The van der Waals surface area contributed by atoms with Crippen LogP contribution in [0.3, 0.4) is 0 Å². The summed E-state index contributed by atoms with van der Waals surface area (Å²) in [5, 5.41) is 3.82. The maximum Gasteiger partial charge on any atom is 0.163 e. The highest BCUT2D eigenvalue weighted by molar-refractivity contribution is 9.10. The third kappa shape index (κ3) is 4.30. The SMILES string of the molecule is CN1CCCN(C[C@H]2COc3cc4ncnc(Nc5cccc(Br)c5F)c4cc3O2)C1. The number of nitrogens with one attached hydrogen (secondary N) is 1. The van der Waals surface area contributed by atoms with Gasteiger partial charge in [-0.25, -0.2) is 14.4 Å². The minimum absolute atomic E-state index is 0.0555. The number of ether oxygens (including phenoxy) is 2. The summed E-state index contributed by atoms with van der Waals surface area (Å²) in [6, 6.07) is 8.80. The van der Waals surface area contributed by atoms with Crippen LogP contribution in [-0.4, -0.2) is 65.8 Å². The Morgan fingerprint density at radius 1 is 1.23 bits per heavy atom. The van der Waals surface area contributed by atoms with Crippen molar-refractivity contribution in [2.24, 2.45) is 0 Å². The van der Waals surface area contributed by atoms with Crippen LogP contribution < -0.4 is 14.8 Å². The van der Waals surface area contributed by atoms with Crippen LogP contribution >= 0.6 is 15.9 Å².